The lowest BCUT2D eigenvalue weighted by molar-refractivity contribution is -0.274. The Labute approximate surface area is 241 Å². The van der Waals surface area contributed by atoms with Crippen LogP contribution in [0.2, 0.25) is 0 Å². The molecular weight excluding hydrogens is 575 g/mol. The normalized spacial score (nSPS) is 16.9. The zero-order chi connectivity index (χ0) is 29.5. The van der Waals surface area contributed by atoms with E-state index in [0.717, 1.165) is 21.5 Å². The van der Waals surface area contributed by atoms with Gasteiger partial charge in [-0.3, -0.25) is 0 Å². The molecule has 6 rings (SSSR count). The maximum Gasteiger partial charge on any atom is 0.573 e. The largest absolute Gasteiger partial charge is 0.573 e. The SMILES string of the molecule is CCC(C(=O)O)n1nnc(-c2nnc(N3CCC4(C=C(c5ccc(OC(F)(F)F)cc5)c5ccccc5O4)CC3)s2)n1. The van der Waals surface area contributed by atoms with E-state index in [1.54, 1.807) is 19.1 Å². The Kier molecular flexibility index (Phi) is 7.04. The lowest BCUT2D eigenvalue weighted by Gasteiger charge is -2.43. The van der Waals surface area contributed by atoms with Gasteiger partial charge in [0.1, 0.15) is 17.1 Å². The molecule has 15 heteroatoms. The second-order valence-corrected chi connectivity index (χ2v) is 10.8. The van der Waals surface area contributed by atoms with Crippen molar-refractivity contribution in [2.75, 3.05) is 18.0 Å². The highest BCUT2D eigenvalue weighted by atomic mass is 32.1. The lowest BCUT2D eigenvalue weighted by atomic mass is 9.83. The summed E-state index contributed by atoms with van der Waals surface area (Å²) >= 11 is 1.29. The first kappa shape index (κ1) is 27.6. The van der Waals surface area contributed by atoms with Crippen LogP contribution < -0.4 is 14.4 Å². The van der Waals surface area contributed by atoms with Crippen molar-refractivity contribution in [3.8, 4) is 22.3 Å². The van der Waals surface area contributed by atoms with Crippen molar-refractivity contribution in [3.63, 3.8) is 0 Å². The van der Waals surface area contributed by atoms with Gasteiger partial charge >= 0.3 is 12.3 Å². The monoisotopic (exact) mass is 599 g/mol. The van der Waals surface area contributed by atoms with Gasteiger partial charge in [-0.15, -0.1) is 38.4 Å². The minimum Gasteiger partial charge on any atom is -0.482 e. The summed E-state index contributed by atoms with van der Waals surface area (Å²) in [6.45, 7) is 2.94. The third-order valence-corrected chi connectivity index (χ3v) is 8.14. The number of aromatic nitrogens is 6. The highest BCUT2D eigenvalue weighted by molar-refractivity contribution is 7.18. The number of para-hydroxylation sites is 1. The molecule has 1 N–H and O–H groups in total. The number of carboxylic acid groups (broad SMARTS) is 1. The number of tetrazole rings is 1. The molecule has 0 saturated carbocycles. The molecule has 1 saturated heterocycles. The van der Waals surface area contributed by atoms with E-state index in [0.29, 0.717) is 48.2 Å². The number of halogens is 3. The Hall–Kier alpha value is -4.53. The highest BCUT2D eigenvalue weighted by Gasteiger charge is 2.40. The second-order valence-electron chi connectivity index (χ2n) is 9.87. The van der Waals surface area contributed by atoms with Crippen molar-refractivity contribution < 1.29 is 32.5 Å². The van der Waals surface area contributed by atoms with Gasteiger partial charge in [0, 0.05) is 31.5 Å². The van der Waals surface area contributed by atoms with Crippen LogP contribution in [0.5, 0.6) is 11.5 Å². The zero-order valence-corrected chi connectivity index (χ0v) is 23.0. The highest BCUT2D eigenvalue weighted by Crippen LogP contribution is 2.44. The number of alkyl halides is 3. The van der Waals surface area contributed by atoms with Gasteiger partial charge in [0.15, 0.2) is 11.0 Å². The van der Waals surface area contributed by atoms with E-state index in [-0.39, 0.29) is 11.6 Å². The molecule has 4 heterocycles. The number of carbonyl (C=O) groups is 1. The lowest BCUT2D eigenvalue weighted by Crippen LogP contribution is -2.48. The average molecular weight is 600 g/mol. The predicted molar refractivity (Wildman–Crippen MR) is 145 cm³/mol. The molecule has 218 valence electrons. The average Bonchev–Trinajstić information content (AvgIpc) is 3.64. The van der Waals surface area contributed by atoms with E-state index in [9.17, 15) is 23.1 Å². The van der Waals surface area contributed by atoms with Gasteiger partial charge in [-0.25, -0.2) is 4.79 Å². The standard InChI is InChI=1S/C27H24F3N7O4S/c1-2-20(24(38)39)37-34-22(31-35-37)23-32-33-25(42-23)36-13-11-26(12-14-36)15-19(18-5-3-4-6-21(18)41-26)16-7-9-17(10-8-16)40-27(28,29)30/h3-10,15,20H,2,11-14H2,1H3,(H,38,39). The second kappa shape index (κ2) is 10.7. The van der Waals surface area contributed by atoms with E-state index >= 15 is 0 Å². The molecule has 1 spiro atoms. The van der Waals surface area contributed by atoms with Crippen molar-refractivity contribution in [3.05, 3.63) is 65.7 Å². The number of nitrogens with zero attached hydrogens (tertiary/aromatic N) is 7. The summed E-state index contributed by atoms with van der Waals surface area (Å²) in [5.74, 6) is -0.410. The molecule has 42 heavy (non-hydrogen) atoms. The minimum atomic E-state index is -4.76. The minimum absolute atomic E-state index is 0.207. The summed E-state index contributed by atoms with van der Waals surface area (Å²) < 4.78 is 48.5. The van der Waals surface area contributed by atoms with Crippen LogP contribution in [0.1, 0.15) is 43.4 Å². The number of anilines is 1. The Balaban J connectivity index is 1.20. The summed E-state index contributed by atoms with van der Waals surface area (Å²) in [7, 11) is 0. The molecule has 1 fully saturated rings. The molecule has 1 unspecified atom stereocenters. The first-order chi connectivity index (χ1) is 20.1. The molecule has 2 aliphatic rings. The Bertz CT molecular complexity index is 1630. The van der Waals surface area contributed by atoms with E-state index < -0.39 is 24.0 Å². The van der Waals surface area contributed by atoms with Crippen molar-refractivity contribution in [2.24, 2.45) is 0 Å². The van der Waals surface area contributed by atoms with Gasteiger partial charge in [0.05, 0.1) is 0 Å². The van der Waals surface area contributed by atoms with Gasteiger partial charge in [-0.1, -0.05) is 48.6 Å². The summed E-state index contributed by atoms with van der Waals surface area (Å²) in [6, 6.07) is 12.5. The molecular formula is C27H24F3N7O4S. The molecule has 2 aromatic carbocycles. The number of rotatable bonds is 7. The zero-order valence-electron chi connectivity index (χ0n) is 22.2. The molecule has 0 amide bonds. The van der Waals surface area contributed by atoms with Crippen molar-refractivity contribution >= 4 is 28.0 Å². The summed E-state index contributed by atoms with van der Waals surface area (Å²) in [4.78, 5) is 14.6. The Morgan fingerprint density at radius 2 is 1.86 bits per heavy atom. The summed E-state index contributed by atoms with van der Waals surface area (Å²) in [5.41, 5.74) is 1.87. The molecule has 0 aliphatic carbocycles. The number of piperidine rings is 1. The van der Waals surface area contributed by atoms with Gasteiger partial charge < -0.3 is 19.5 Å². The topological polar surface area (TPSA) is 128 Å². The molecule has 1 atom stereocenters. The van der Waals surface area contributed by atoms with Gasteiger partial charge in [-0.05, 0) is 47.0 Å². The van der Waals surface area contributed by atoms with Gasteiger partial charge in [0.25, 0.3) is 0 Å². The maximum absolute atomic E-state index is 12.7. The molecule has 0 bridgehead atoms. The van der Waals surface area contributed by atoms with E-state index in [4.69, 9.17) is 4.74 Å². The molecule has 4 aromatic rings. The summed E-state index contributed by atoms with van der Waals surface area (Å²) in [6.07, 6.45) is -1.14. The van der Waals surface area contributed by atoms with Crippen molar-refractivity contribution in [2.45, 2.75) is 44.2 Å². The fraction of sp³-hybridized carbons (Fsp3) is 0.333. The van der Waals surface area contributed by atoms with Gasteiger partial charge in [-0.2, -0.15) is 0 Å². The first-order valence-electron chi connectivity index (χ1n) is 13.1. The third-order valence-electron chi connectivity index (χ3n) is 7.16. The van der Waals surface area contributed by atoms with Crippen LogP contribution in [-0.4, -0.2) is 66.5 Å². The number of carboxylic acids is 1. The molecule has 11 nitrogen and oxygen atoms in total. The van der Waals surface area contributed by atoms with E-state index in [2.05, 4.69) is 41.3 Å². The number of ether oxygens (including phenoxy) is 2. The van der Waals surface area contributed by atoms with E-state index in [1.807, 2.05) is 24.3 Å². The summed E-state index contributed by atoms with van der Waals surface area (Å²) in [5, 5.41) is 31.0. The first-order valence-corrected chi connectivity index (χ1v) is 13.9. The number of hydrogen-bond acceptors (Lipinski definition) is 10. The van der Waals surface area contributed by atoms with Crippen molar-refractivity contribution in [1.29, 1.82) is 0 Å². The van der Waals surface area contributed by atoms with Gasteiger partial charge in [0.2, 0.25) is 11.0 Å². The van der Waals surface area contributed by atoms with Crippen molar-refractivity contribution in [1.82, 2.24) is 30.4 Å². The van der Waals surface area contributed by atoms with Crippen LogP contribution in [0.15, 0.2) is 54.6 Å². The van der Waals surface area contributed by atoms with Crippen LogP contribution in [0.4, 0.5) is 18.3 Å². The van der Waals surface area contributed by atoms with Crippen LogP contribution in [0, 0.1) is 0 Å². The molecule has 0 radical (unpaired) electrons. The Morgan fingerprint density at radius 1 is 1.12 bits per heavy atom. The maximum atomic E-state index is 12.7. The van der Waals surface area contributed by atoms with Crippen LogP contribution in [0.3, 0.4) is 0 Å². The number of hydrogen-bond donors (Lipinski definition) is 1. The fourth-order valence-electron chi connectivity index (χ4n) is 5.08. The molecule has 2 aliphatic heterocycles. The number of aliphatic carboxylic acids is 1. The van der Waals surface area contributed by atoms with Crippen LogP contribution in [0.25, 0.3) is 16.4 Å². The quantitative estimate of drug-likeness (QED) is 0.310. The number of fused-ring (bicyclic) bond motifs is 1. The van der Waals surface area contributed by atoms with Crippen LogP contribution in [-0.2, 0) is 4.79 Å². The fourth-order valence-corrected chi connectivity index (χ4v) is 5.90. The third kappa shape index (κ3) is 5.51. The smallest absolute Gasteiger partial charge is 0.482 e. The Morgan fingerprint density at radius 3 is 2.55 bits per heavy atom. The van der Waals surface area contributed by atoms with Crippen LogP contribution >= 0.6 is 11.3 Å². The van der Waals surface area contributed by atoms with E-state index in [1.165, 1.54) is 23.5 Å². The predicted octanol–water partition coefficient (Wildman–Crippen LogP) is 4.99. The number of benzene rings is 2. The molecule has 2 aromatic heterocycles.